The molecular formula is C24H28N6O2. The second-order valence-electron chi connectivity index (χ2n) is 8.90. The van der Waals surface area contributed by atoms with Gasteiger partial charge in [0.1, 0.15) is 11.2 Å². The average Bonchev–Trinajstić information content (AvgIpc) is 3.44. The Kier molecular flexibility index (Phi) is 5.77. The number of H-pyrrole nitrogens is 1. The van der Waals surface area contributed by atoms with E-state index in [0.29, 0.717) is 35.7 Å². The maximum atomic E-state index is 12.9. The van der Waals surface area contributed by atoms with E-state index in [9.17, 15) is 10.1 Å². The number of hydrogen-bond acceptors (Lipinski definition) is 6. The van der Waals surface area contributed by atoms with Crippen LogP contribution in [0.15, 0.2) is 35.3 Å². The number of nitriles is 1. The fourth-order valence-electron chi connectivity index (χ4n) is 5.14. The minimum atomic E-state index is -0.113. The van der Waals surface area contributed by atoms with Crippen molar-refractivity contribution in [1.29, 1.82) is 5.26 Å². The molecule has 2 fully saturated rings. The Labute approximate surface area is 186 Å². The van der Waals surface area contributed by atoms with Crippen LogP contribution in [0.4, 0.5) is 0 Å². The van der Waals surface area contributed by atoms with E-state index in [1.807, 2.05) is 22.9 Å². The summed E-state index contributed by atoms with van der Waals surface area (Å²) in [6, 6.07) is 10.2. The molecule has 2 saturated heterocycles. The number of nitrogens with zero attached hydrogens (tertiary/aromatic N) is 5. The van der Waals surface area contributed by atoms with Gasteiger partial charge in [-0.3, -0.25) is 9.69 Å². The predicted octanol–water partition coefficient (Wildman–Crippen LogP) is 2.97. The van der Waals surface area contributed by atoms with Gasteiger partial charge in [-0.15, -0.1) is 0 Å². The summed E-state index contributed by atoms with van der Waals surface area (Å²) >= 11 is 0. The van der Waals surface area contributed by atoms with Gasteiger partial charge < -0.3 is 9.72 Å². The molecule has 2 aromatic heterocycles. The third-order valence-corrected chi connectivity index (χ3v) is 6.87. The number of rotatable bonds is 5. The molecular weight excluding hydrogens is 404 g/mol. The van der Waals surface area contributed by atoms with E-state index in [4.69, 9.17) is 9.72 Å². The average molecular weight is 433 g/mol. The Morgan fingerprint density at radius 2 is 2.12 bits per heavy atom. The Balaban J connectivity index is 1.43. The number of ether oxygens (including phenoxy) is 1. The van der Waals surface area contributed by atoms with E-state index in [1.54, 1.807) is 6.20 Å². The molecule has 0 bridgehead atoms. The van der Waals surface area contributed by atoms with Crippen molar-refractivity contribution in [2.24, 2.45) is 5.92 Å². The molecule has 0 radical (unpaired) electrons. The molecule has 2 aliphatic rings. The van der Waals surface area contributed by atoms with Crippen LogP contribution >= 0.6 is 0 Å². The second kappa shape index (κ2) is 8.85. The lowest BCUT2D eigenvalue weighted by atomic mass is 9.93. The predicted molar refractivity (Wildman–Crippen MR) is 120 cm³/mol. The fourth-order valence-corrected chi connectivity index (χ4v) is 5.14. The first-order valence-electron chi connectivity index (χ1n) is 11.4. The van der Waals surface area contributed by atoms with E-state index in [1.165, 1.54) is 0 Å². The van der Waals surface area contributed by atoms with E-state index >= 15 is 0 Å². The third-order valence-electron chi connectivity index (χ3n) is 6.87. The van der Waals surface area contributed by atoms with Crippen molar-refractivity contribution in [3.8, 4) is 6.07 Å². The number of aromatic amines is 1. The number of likely N-dealkylation sites (tertiary alicyclic amines) is 1. The molecule has 8 nitrogen and oxygen atoms in total. The van der Waals surface area contributed by atoms with Crippen molar-refractivity contribution in [2.45, 2.75) is 44.7 Å². The lowest BCUT2D eigenvalue weighted by Crippen LogP contribution is -2.23. The van der Waals surface area contributed by atoms with E-state index in [2.05, 4.69) is 34.0 Å². The molecule has 32 heavy (non-hydrogen) atoms. The van der Waals surface area contributed by atoms with Gasteiger partial charge in [0.15, 0.2) is 5.65 Å². The summed E-state index contributed by atoms with van der Waals surface area (Å²) in [5, 5.41) is 14.3. The molecule has 0 unspecified atom stereocenters. The Bertz CT molecular complexity index is 1200. The molecule has 8 heteroatoms. The van der Waals surface area contributed by atoms with Gasteiger partial charge in [-0.2, -0.15) is 10.4 Å². The Morgan fingerprint density at radius 3 is 2.91 bits per heavy atom. The highest BCUT2D eigenvalue weighted by molar-refractivity contribution is 5.73. The summed E-state index contributed by atoms with van der Waals surface area (Å²) in [6.07, 6.45) is 4.43. The summed E-state index contributed by atoms with van der Waals surface area (Å²) in [5.41, 5.74) is 2.39. The van der Waals surface area contributed by atoms with Crippen molar-refractivity contribution in [3.05, 3.63) is 57.8 Å². The summed E-state index contributed by atoms with van der Waals surface area (Å²) in [5.74, 6) is 1.33. The van der Waals surface area contributed by atoms with Crippen LogP contribution in [0, 0.1) is 17.2 Å². The zero-order valence-electron chi connectivity index (χ0n) is 18.3. The van der Waals surface area contributed by atoms with Gasteiger partial charge in [0.25, 0.3) is 5.56 Å². The van der Waals surface area contributed by atoms with Gasteiger partial charge in [0.05, 0.1) is 23.9 Å². The number of aromatic nitrogens is 4. The number of nitrogens with one attached hydrogen (secondary N) is 1. The normalized spacial score (nSPS) is 22.4. The minimum absolute atomic E-state index is 0.113. The van der Waals surface area contributed by atoms with Gasteiger partial charge in [-0.25, -0.2) is 9.67 Å². The summed E-state index contributed by atoms with van der Waals surface area (Å²) in [6.45, 7) is 6.18. The molecule has 2 aliphatic heterocycles. The van der Waals surface area contributed by atoms with Crippen LogP contribution in [0.1, 0.15) is 55.1 Å². The first-order valence-corrected chi connectivity index (χ1v) is 11.4. The zero-order chi connectivity index (χ0) is 22.1. The Morgan fingerprint density at radius 1 is 1.28 bits per heavy atom. The smallest absolute Gasteiger partial charge is 0.262 e. The largest absolute Gasteiger partial charge is 0.381 e. The summed E-state index contributed by atoms with van der Waals surface area (Å²) < 4.78 is 7.42. The summed E-state index contributed by atoms with van der Waals surface area (Å²) in [4.78, 5) is 23.3. The van der Waals surface area contributed by atoms with Crippen molar-refractivity contribution in [2.75, 3.05) is 26.3 Å². The fraction of sp³-hybridized carbons (Fsp3) is 0.500. The molecule has 1 N–H and O–H groups in total. The van der Waals surface area contributed by atoms with Crippen LogP contribution in [-0.4, -0.2) is 51.0 Å². The van der Waals surface area contributed by atoms with Gasteiger partial charge in [0.2, 0.25) is 0 Å². The zero-order valence-corrected chi connectivity index (χ0v) is 18.3. The lowest BCUT2D eigenvalue weighted by molar-refractivity contribution is 0.0673. The highest BCUT2D eigenvalue weighted by atomic mass is 16.5. The molecule has 166 valence electrons. The number of benzene rings is 1. The summed E-state index contributed by atoms with van der Waals surface area (Å²) in [7, 11) is 0. The van der Waals surface area contributed by atoms with Crippen molar-refractivity contribution in [3.63, 3.8) is 0 Å². The van der Waals surface area contributed by atoms with E-state index in [-0.39, 0.29) is 17.5 Å². The quantitative estimate of drug-likeness (QED) is 0.665. The molecule has 3 aromatic rings. The highest BCUT2D eigenvalue weighted by Crippen LogP contribution is 2.34. The monoisotopic (exact) mass is 432 g/mol. The third kappa shape index (κ3) is 3.94. The van der Waals surface area contributed by atoms with Crippen molar-refractivity contribution < 1.29 is 4.74 Å². The maximum absolute atomic E-state index is 12.9. The van der Waals surface area contributed by atoms with E-state index < -0.39 is 0 Å². The van der Waals surface area contributed by atoms with Crippen molar-refractivity contribution in [1.82, 2.24) is 24.6 Å². The molecule has 0 aliphatic carbocycles. The number of hydrogen-bond donors (Lipinski definition) is 1. The molecule has 0 amide bonds. The molecule has 0 saturated carbocycles. The van der Waals surface area contributed by atoms with Gasteiger partial charge in [-0.1, -0.05) is 25.5 Å². The van der Waals surface area contributed by atoms with Crippen LogP contribution in [0.25, 0.3) is 11.0 Å². The first kappa shape index (κ1) is 20.9. The van der Waals surface area contributed by atoms with E-state index in [0.717, 1.165) is 50.3 Å². The topological polar surface area (TPSA) is 99.8 Å². The van der Waals surface area contributed by atoms with Crippen LogP contribution < -0.4 is 5.56 Å². The SMILES string of the molecule is CC[C@@H]1CN(Cc2cccc(C#N)c2)C[C@H]1c1nc2c(cnn2C2CCOCC2)c(=O)[nH]1. The van der Waals surface area contributed by atoms with Gasteiger partial charge in [0, 0.05) is 38.8 Å². The van der Waals surface area contributed by atoms with Gasteiger partial charge in [-0.05, 0) is 36.5 Å². The van der Waals surface area contributed by atoms with Crippen molar-refractivity contribution >= 4 is 11.0 Å². The second-order valence-corrected chi connectivity index (χ2v) is 8.90. The van der Waals surface area contributed by atoms with Crippen LogP contribution in [-0.2, 0) is 11.3 Å². The molecule has 4 heterocycles. The lowest BCUT2D eigenvalue weighted by Gasteiger charge is -2.23. The highest BCUT2D eigenvalue weighted by Gasteiger charge is 2.35. The first-order chi connectivity index (χ1) is 15.7. The van der Waals surface area contributed by atoms with Crippen LogP contribution in [0.3, 0.4) is 0 Å². The minimum Gasteiger partial charge on any atom is -0.381 e. The number of fused-ring (bicyclic) bond motifs is 1. The standard InChI is InChI=1S/C24H28N6O2/c1-2-18-14-29(13-17-5-3-4-16(10-17)11-25)15-21(18)22-27-23-20(24(31)28-22)12-26-30(23)19-6-8-32-9-7-19/h3-5,10,12,18-19,21H,2,6-9,13-15H2,1H3,(H,27,28,31)/t18-,21-/m1/s1. The van der Waals surface area contributed by atoms with Crippen LogP contribution in [0.5, 0.6) is 0 Å². The molecule has 0 spiro atoms. The van der Waals surface area contributed by atoms with Crippen LogP contribution in [0.2, 0.25) is 0 Å². The molecule has 5 rings (SSSR count). The Hall–Kier alpha value is -3.02. The van der Waals surface area contributed by atoms with Gasteiger partial charge >= 0.3 is 0 Å². The molecule has 2 atom stereocenters. The maximum Gasteiger partial charge on any atom is 0.262 e. The molecule has 1 aromatic carbocycles.